The minimum absolute atomic E-state index is 0.268. The number of carbonyl (C=O) groups excluding carboxylic acids is 4. The van der Waals surface area contributed by atoms with Crippen LogP contribution < -0.4 is 4.74 Å². The summed E-state index contributed by atoms with van der Waals surface area (Å²) in [6, 6.07) is 13.9. The van der Waals surface area contributed by atoms with Crippen molar-refractivity contribution in [2.75, 3.05) is 19.5 Å². The molecule has 2 heterocycles. The van der Waals surface area contributed by atoms with Gasteiger partial charge >= 0.3 is 23.9 Å². The highest BCUT2D eigenvalue weighted by atomic mass is 32.2. The zero-order chi connectivity index (χ0) is 29.7. The fraction of sp³-hybridized carbons (Fsp3) is 0.467. The van der Waals surface area contributed by atoms with Gasteiger partial charge in [-0.15, -0.1) is 11.8 Å². The van der Waals surface area contributed by atoms with Gasteiger partial charge in [0.25, 0.3) is 0 Å². The summed E-state index contributed by atoms with van der Waals surface area (Å²) >= 11 is 1.75. The maximum absolute atomic E-state index is 12.2. The number of hydrogen-bond donors (Lipinski definition) is 0. The second-order valence-corrected chi connectivity index (χ2v) is 11.0. The molecule has 220 valence electrons. The van der Waals surface area contributed by atoms with Crippen LogP contribution in [0, 0.1) is 0 Å². The van der Waals surface area contributed by atoms with Crippen molar-refractivity contribution in [3.63, 3.8) is 0 Å². The number of methoxy groups -OCH3 is 1. The van der Waals surface area contributed by atoms with E-state index >= 15 is 0 Å². The lowest BCUT2D eigenvalue weighted by Gasteiger charge is -2.44. The Morgan fingerprint density at radius 1 is 0.805 bits per heavy atom. The average Bonchev–Trinajstić information content (AvgIpc) is 2.93. The van der Waals surface area contributed by atoms with Gasteiger partial charge in [-0.2, -0.15) is 0 Å². The van der Waals surface area contributed by atoms with Crippen molar-refractivity contribution in [3.8, 4) is 5.75 Å². The summed E-state index contributed by atoms with van der Waals surface area (Å²) in [6.45, 7) is 4.61. The molecule has 1 fully saturated rings. The van der Waals surface area contributed by atoms with Crippen LogP contribution in [-0.4, -0.2) is 67.8 Å². The van der Waals surface area contributed by atoms with E-state index in [1.165, 1.54) is 33.3 Å². The van der Waals surface area contributed by atoms with E-state index in [2.05, 4.69) is 12.1 Å². The standard InChI is InChI=1S/C30H34O10S/c1-16(31)36-14-25-28(37-17(2)32)30(39-19(4)34)29(38-18(3)33)27(40-25)21-8-11-26-22(12-21)13-23(15-41-26)20-6-9-24(35-5)10-7-20/h6-12,23,25,27-30H,13-15H2,1-5H3. The zero-order valence-electron chi connectivity index (χ0n) is 23.6. The number of rotatable bonds is 8. The van der Waals surface area contributed by atoms with Crippen LogP contribution in [0.5, 0.6) is 5.75 Å². The second kappa shape index (κ2) is 13.4. The van der Waals surface area contributed by atoms with Crippen LogP contribution in [0.3, 0.4) is 0 Å². The Kier molecular flexibility index (Phi) is 9.93. The Morgan fingerprint density at radius 2 is 1.41 bits per heavy atom. The fourth-order valence-electron chi connectivity index (χ4n) is 5.18. The Hall–Kier alpha value is -3.57. The SMILES string of the molecule is COc1ccc(C2CSc3ccc(C4OC(COC(C)=O)C(OC(C)=O)C(OC(C)=O)C4OC(C)=O)cc3C2)cc1. The predicted molar refractivity (Wildman–Crippen MR) is 148 cm³/mol. The molecule has 4 rings (SSSR count). The van der Waals surface area contributed by atoms with Crippen LogP contribution >= 0.6 is 11.8 Å². The largest absolute Gasteiger partial charge is 0.497 e. The van der Waals surface area contributed by atoms with Crippen LogP contribution in [0.4, 0.5) is 0 Å². The van der Waals surface area contributed by atoms with Gasteiger partial charge in [-0.25, -0.2) is 0 Å². The number of fused-ring (bicyclic) bond motifs is 1. The molecule has 41 heavy (non-hydrogen) atoms. The van der Waals surface area contributed by atoms with Crippen molar-refractivity contribution in [1.29, 1.82) is 0 Å². The topological polar surface area (TPSA) is 124 Å². The molecular formula is C30H34O10S. The molecule has 1 saturated heterocycles. The lowest BCUT2D eigenvalue weighted by molar-refractivity contribution is -0.254. The van der Waals surface area contributed by atoms with Crippen LogP contribution in [0.25, 0.3) is 0 Å². The normalized spacial score (nSPS) is 25.3. The quantitative estimate of drug-likeness (QED) is 0.330. The minimum atomic E-state index is -1.21. The number of thioether (sulfide) groups is 1. The smallest absolute Gasteiger partial charge is 0.303 e. The first-order valence-corrected chi connectivity index (χ1v) is 14.2. The molecule has 2 aliphatic rings. The zero-order valence-corrected chi connectivity index (χ0v) is 24.4. The molecule has 10 nitrogen and oxygen atoms in total. The molecule has 2 aromatic rings. The molecule has 0 spiro atoms. The van der Waals surface area contributed by atoms with Crippen molar-refractivity contribution in [3.05, 3.63) is 59.2 Å². The fourth-order valence-corrected chi connectivity index (χ4v) is 6.36. The summed E-state index contributed by atoms with van der Waals surface area (Å²) in [7, 11) is 1.64. The minimum Gasteiger partial charge on any atom is -0.497 e. The summed E-state index contributed by atoms with van der Waals surface area (Å²) in [4.78, 5) is 49.1. The van der Waals surface area contributed by atoms with Gasteiger partial charge in [0.2, 0.25) is 0 Å². The van der Waals surface area contributed by atoms with Gasteiger partial charge < -0.3 is 28.4 Å². The lowest BCUT2D eigenvalue weighted by atomic mass is 9.88. The first kappa shape index (κ1) is 30.4. The van der Waals surface area contributed by atoms with E-state index in [4.69, 9.17) is 28.4 Å². The molecule has 11 heteroatoms. The molecule has 2 aliphatic heterocycles. The molecule has 2 aromatic carbocycles. The molecule has 0 amide bonds. The lowest BCUT2D eigenvalue weighted by Crippen LogP contribution is -2.59. The number of esters is 4. The van der Waals surface area contributed by atoms with E-state index in [1.54, 1.807) is 18.9 Å². The molecule has 0 radical (unpaired) electrons. The highest BCUT2D eigenvalue weighted by Gasteiger charge is 2.52. The van der Waals surface area contributed by atoms with Crippen molar-refractivity contribution < 1.29 is 47.6 Å². The van der Waals surface area contributed by atoms with Crippen molar-refractivity contribution in [1.82, 2.24) is 0 Å². The van der Waals surface area contributed by atoms with Crippen molar-refractivity contribution in [2.45, 2.75) is 75.4 Å². The van der Waals surface area contributed by atoms with Gasteiger partial charge in [-0.05, 0) is 47.2 Å². The maximum atomic E-state index is 12.2. The van der Waals surface area contributed by atoms with Gasteiger partial charge in [0.15, 0.2) is 18.3 Å². The van der Waals surface area contributed by atoms with Crippen LogP contribution in [-0.2, 0) is 49.3 Å². The van der Waals surface area contributed by atoms with Gasteiger partial charge in [-0.1, -0.05) is 24.3 Å². The molecule has 0 aliphatic carbocycles. The summed E-state index contributed by atoms with van der Waals surface area (Å²) < 4.78 is 33.6. The first-order chi connectivity index (χ1) is 19.5. The third-order valence-corrected chi connectivity index (χ3v) is 8.18. The monoisotopic (exact) mass is 586 g/mol. The van der Waals surface area contributed by atoms with Crippen LogP contribution in [0.1, 0.15) is 56.4 Å². The Labute approximate surface area is 242 Å². The van der Waals surface area contributed by atoms with Gasteiger partial charge in [0.05, 0.1) is 7.11 Å². The third kappa shape index (κ3) is 7.59. The van der Waals surface area contributed by atoms with E-state index in [0.717, 1.165) is 28.4 Å². The molecule has 6 atom stereocenters. The number of ether oxygens (including phenoxy) is 6. The predicted octanol–water partition coefficient (Wildman–Crippen LogP) is 3.93. The Morgan fingerprint density at radius 3 is 2.02 bits per heavy atom. The van der Waals surface area contributed by atoms with E-state index < -0.39 is 54.4 Å². The molecular weight excluding hydrogens is 552 g/mol. The highest BCUT2D eigenvalue weighted by Crippen LogP contribution is 2.42. The number of carbonyl (C=O) groups is 4. The summed E-state index contributed by atoms with van der Waals surface area (Å²) in [6.07, 6.45) is -4.68. The second-order valence-electron chi connectivity index (χ2n) is 9.97. The van der Waals surface area contributed by atoms with Gasteiger partial charge in [0.1, 0.15) is 24.6 Å². The van der Waals surface area contributed by atoms with Crippen LogP contribution in [0.2, 0.25) is 0 Å². The summed E-state index contributed by atoms with van der Waals surface area (Å²) in [5, 5.41) is 0. The molecule has 6 unspecified atom stereocenters. The van der Waals surface area contributed by atoms with Gasteiger partial charge in [-0.3, -0.25) is 19.2 Å². The van der Waals surface area contributed by atoms with Crippen molar-refractivity contribution >= 4 is 35.6 Å². The van der Waals surface area contributed by atoms with E-state index in [-0.39, 0.29) is 12.5 Å². The third-order valence-electron chi connectivity index (χ3n) is 6.90. The molecule has 0 bridgehead atoms. The molecule has 0 N–H and O–H groups in total. The van der Waals surface area contributed by atoms with E-state index in [1.807, 2.05) is 30.3 Å². The average molecular weight is 587 g/mol. The summed E-state index contributed by atoms with van der Waals surface area (Å²) in [5.41, 5.74) is 2.96. The molecule has 0 saturated carbocycles. The Bertz CT molecular complexity index is 1280. The molecule has 0 aromatic heterocycles. The highest BCUT2D eigenvalue weighted by molar-refractivity contribution is 7.99. The first-order valence-electron chi connectivity index (χ1n) is 13.3. The Balaban J connectivity index is 1.70. The van der Waals surface area contributed by atoms with Crippen molar-refractivity contribution in [2.24, 2.45) is 0 Å². The van der Waals surface area contributed by atoms with E-state index in [9.17, 15) is 19.2 Å². The van der Waals surface area contributed by atoms with E-state index in [0.29, 0.717) is 5.56 Å². The number of hydrogen-bond acceptors (Lipinski definition) is 11. The van der Waals surface area contributed by atoms with Crippen LogP contribution in [0.15, 0.2) is 47.4 Å². The number of benzene rings is 2. The maximum Gasteiger partial charge on any atom is 0.303 e. The summed E-state index contributed by atoms with van der Waals surface area (Å²) in [5.74, 6) is -0.549. The van der Waals surface area contributed by atoms with Gasteiger partial charge in [0, 0.05) is 38.3 Å².